The Balaban J connectivity index is 1.63. The van der Waals surface area contributed by atoms with Gasteiger partial charge in [0.1, 0.15) is 0 Å². The van der Waals surface area contributed by atoms with E-state index in [0.29, 0.717) is 14.5 Å². The number of sulfonamides is 1. The van der Waals surface area contributed by atoms with Crippen LogP contribution in [-0.2, 0) is 37.4 Å². The van der Waals surface area contributed by atoms with Crippen LogP contribution in [0.4, 0.5) is 0 Å². The monoisotopic (exact) mass is 618 g/mol. The lowest BCUT2D eigenvalue weighted by atomic mass is 10.0. The van der Waals surface area contributed by atoms with E-state index in [2.05, 4.69) is 31.9 Å². The van der Waals surface area contributed by atoms with Crippen LogP contribution in [0, 0.1) is 0 Å². The maximum Gasteiger partial charge on any atom is 0.239 e. The van der Waals surface area contributed by atoms with Crippen LogP contribution in [0.15, 0.2) is 74.5 Å². The van der Waals surface area contributed by atoms with Gasteiger partial charge in [-0.1, -0.05) is 58.4 Å². The Hall–Kier alpha value is -1.21. The third kappa shape index (κ3) is 7.14. The first-order valence-corrected chi connectivity index (χ1v) is 15.0. The van der Waals surface area contributed by atoms with Crippen molar-refractivity contribution in [1.82, 2.24) is 0 Å². The summed E-state index contributed by atoms with van der Waals surface area (Å²) in [6.07, 6.45) is 0. The number of halogens is 2. The van der Waals surface area contributed by atoms with Crippen LogP contribution in [0.5, 0.6) is 0 Å². The van der Waals surface area contributed by atoms with E-state index in [1.54, 1.807) is 30.0 Å². The fourth-order valence-electron chi connectivity index (χ4n) is 2.97. The van der Waals surface area contributed by atoms with Crippen molar-refractivity contribution in [3.05, 3.63) is 86.3 Å². The standard InChI is InChI=1S/C21H19Br2NO5S3/c22-19-8-7-17(10-21(19)32(24,28)29)16-4-1-14(2-5-16)11-30-12-15-3-6-18(20(23)9-15)13-31(25,26)27/h1-10H,11-13H2,(H2,24,28,29)(H,25,26,27)/p-1. The van der Waals surface area contributed by atoms with Crippen molar-refractivity contribution in [2.75, 3.05) is 0 Å². The number of hydrogen-bond donors (Lipinski definition) is 1. The molecule has 32 heavy (non-hydrogen) atoms. The van der Waals surface area contributed by atoms with E-state index >= 15 is 0 Å². The zero-order valence-electron chi connectivity index (χ0n) is 16.5. The second kappa shape index (κ2) is 10.4. The minimum Gasteiger partial charge on any atom is -0.748 e. The zero-order valence-corrected chi connectivity index (χ0v) is 22.1. The Kier molecular flexibility index (Phi) is 8.24. The molecule has 0 unspecified atom stereocenters. The Morgan fingerprint density at radius 2 is 1.38 bits per heavy atom. The normalized spacial score (nSPS) is 12.1. The van der Waals surface area contributed by atoms with Crippen molar-refractivity contribution in [2.24, 2.45) is 5.14 Å². The first-order valence-electron chi connectivity index (χ1n) is 9.13. The summed E-state index contributed by atoms with van der Waals surface area (Å²) >= 11 is 8.23. The highest BCUT2D eigenvalue weighted by molar-refractivity contribution is 9.10. The SMILES string of the molecule is NS(=O)(=O)c1cc(-c2ccc(CSCc3ccc(CS(=O)(=O)[O-])c(Br)c3)cc2)ccc1Br. The topological polar surface area (TPSA) is 117 Å². The highest BCUT2D eigenvalue weighted by Crippen LogP contribution is 2.29. The van der Waals surface area contributed by atoms with Crippen molar-refractivity contribution < 1.29 is 21.4 Å². The van der Waals surface area contributed by atoms with Gasteiger partial charge in [0.2, 0.25) is 10.0 Å². The van der Waals surface area contributed by atoms with Crippen LogP contribution in [0.3, 0.4) is 0 Å². The Bertz CT molecular complexity index is 1340. The van der Waals surface area contributed by atoms with Gasteiger partial charge in [-0.05, 0) is 61.9 Å². The van der Waals surface area contributed by atoms with E-state index in [4.69, 9.17) is 5.14 Å². The summed E-state index contributed by atoms with van der Waals surface area (Å²) < 4.78 is 57.3. The molecule has 0 saturated carbocycles. The number of rotatable bonds is 8. The van der Waals surface area contributed by atoms with E-state index < -0.39 is 25.9 Å². The molecule has 0 bridgehead atoms. The molecule has 2 N–H and O–H groups in total. The summed E-state index contributed by atoms with van der Waals surface area (Å²) in [5.41, 5.74) is 4.19. The molecule has 0 fully saturated rings. The number of hydrogen-bond acceptors (Lipinski definition) is 6. The van der Waals surface area contributed by atoms with Crippen LogP contribution in [-0.4, -0.2) is 21.4 Å². The molecular weight excluding hydrogens is 602 g/mol. The van der Waals surface area contributed by atoms with E-state index in [-0.39, 0.29) is 4.90 Å². The fourth-order valence-corrected chi connectivity index (χ4v) is 6.85. The molecule has 0 saturated heterocycles. The largest absolute Gasteiger partial charge is 0.748 e. The molecule has 11 heteroatoms. The number of primary sulfonamides is 1. The lowest BCUT2D eigenvalue weighted by Crippen LogP contribution is -2.12. The molecule has 0 aliphatic rings. The minimum atomic E-state index is -4.32. The van der Waals surface area contributed by atoms with Gasteiger partial charge in [0.05, 0.1) is 20.8 Å². The number of thioether (sulfide) groups is 1. The second-order valence-corrected chi connectivity index (χ2v) is 12.6. The van der Waals surface area contributed by atoms with Gasteiger partial charge in [0.15, 0.2) is 0 Å². The summed E-state index contributed by atoms with van der Waals surface area (Å²) in [6, 6.07) is 18.2. The summed E-state index contributed by atoms with van der Waals surface area (Å²) in [5.74, 6) is 0.941. The summed E-state index contributed by atoms with van der Waals surface area (Å²) in [4.78, 5) is 0.0414. The van der Waals surface area contributed by atoms with Crippen LogP contribution >= 0.6 is 43.6 Å². The molecule has 0 radical (unpaired) electrons. The molecule has 6 nitrogen and oxygen atoms in total. The predicted octanol–water partition coefficient (Wildman–Crippen LogP) is 5.00. The Morgan fingerprint density at radius 1 is 0.781 bits per heavy atom. The molecule has 0 heterocycles. The van der Waals surface area contributed by atoms with Crippen LogP contribution in [0.1, 0.15) is 16.7 Å². The molecular formula is C21H18Br2NO5S3-. The molecule has 3 aromatic carbocycles. The van der Waals surface area contributed by atoms with Crippen molar-refractivity contribution in [2.45, 2.75) is 22.2 Å². The van der Waals surface area contributed by atoms with Crippen LogP contribution < -0.4 is 5.14 Å². The van der Waals surface area contributed by atoms with E-state index in [0.717, 1.165) is 33.8 Å². The summed E-state index contributed by atoms with van der Waals surface area (Å²) in [5, 5.41) is 5.27. The van der Waals surface area contributed by atoms with Gasteiger partial charge in [-0.3, -0.25) is 0 Å². The van der Waals surface area contributed by atoms with E-state index in [9.17, 15) is 21.4 Å². The van der Waals surface area contributed by atoms with Gasteiger partial charge in [-0.2, -0.15) is 11.8 Å². The highest BCUT2D eigenvalue weighted by atomic mass is 79.9. The van der Waals surface area contributed by atoms with Crippen molar-refractivity contribution in [1.29, 1.82) is 0 Å². The van der Waals surface area contributed by atoms with Crippen molar-refractivity contribution >= 4 is 63.8 Å². The first-order chi connectivity index (χ1) is 14.9. The first kappa shape index (κ1) is 25.4. The zero-order chi connectivity index (χ0) is 23.5. The average Bonchev–Trinajstić information content (AvgIpc) is 2.69. The lowest BCUT2D eigenvalue weighted by Gasteiger charge is -2.10. The van der Waals surface area contributed by atoms with Gasteiger partial charge in [-0.15, -0.1) is 0 Å². The number of benzene rings is 3. The molecule has 0 aromatic heterocycles. The van der Waals surface area contributed by atoms with Gasteiger partial charge in [0, 0.05) is 20.5 Å². The van der Waals surface area contributed by atoms with Crippen LogP contribution in [0.25, 0.3) is 11.1 Å². The quantitative estimate of drug-likeness (QED) is 0.354. The molecule has 0 aliphatic heterocycles. The lowest BCUT2D eigenvalue weighted by molar-refractivity contribution is 0.462. The fraction of sp³-hybridized carbons (Fsp3) is 0.143. The summed E-state index contributed by atoms with van der Waals surface area (Å²) in [7, 11) is -8.15. The van der Waals surface area contributed by atoms with Crippen molar-refractivity contribution in [3.63, 3.8) is 0 Å². The van der Waals surface area contributed by atoms with Crippen LogP contribution in [0.2, 0.25) is 0 Å². The highest BCUT2D eigenvalue weighted by Gasteiger charge is 2.14. The molecule has 170 valence electrons. The molecule has 0 spiro atoms. The average molecular weight is 620 g/mol. The van der Waals surface area contributed by atoms with Gasteiger partial charge >= 0.3 is 0 Å². The Morgan fingerprint density at radius 3 is 1.97 bits per heavy atom. The Labute approximate surface area is 208 Å². The maximum atomic E-state index is 11.7. The number of nitrogens with two attached hydrogens (primary N) is 1. The third-order valence-electron chi connectivity index (χ3n) is 4.51. The second-order valence-electron chi connectivity index (χ2n) is 7.01. The van der Waals surface area contributed by atoms with Gasteiger partial charge in [0.25, 0.3) is 0 Å². The van der Waals surface area contributed by atoms with E-state index in [1.165, 1.54) is 0 Å². The van der Waals surface area contributed by atoms with Crippen molar-refractivity contribution in [3.8, 4) is 11.1 Å². The minimum absolute atomic E-state index is 0.0414. The van der Waals surface area contributed by atoms with E-state index in [1.807, 2.05) is 42.5 Å². The molecule has 3 rings (SSSR count). The molecule has 0 atom stereocenters. The molecule has 0 amide bonds. The third-order valence-corrected chi connectivity index (χ3v) is 8.89. The summed E-state index contributed by atoms with van der Waals surface area (Å²) in [6.45, 7) is 0. The molecule has 3 aromatic rings. The smallest absolute Gasteiger partial charge is 0.239 e. The maximum absolute atomic E-state index is 11.7. The van der Waals surface area contributed by atoms with Gasteiger partial charge in [-0.25, -0.2) is 22.0 Å². The molecule has 0 aliphatic carbocycles. The predicted molar refractivity (Wildman–Crippen MR) is 133 cm³/mol. The van der Waals surface area contributed by atoms with Gasteiger partial charge < -0.3 is 4.55 Å².